The number of nitrogens with zero attached hydrogens (tertiary/aromatic N) is 1. The van der Waals surface area contributed by atoms with Crippen molar-refractivity contribution in [2.75, 3.05) is 6.54 Å². The second-order valence-corrected chi connectivity index (χ2v) is 8.40. The zero-order valence-corrected chi connectivity index (χ0v) is 18.6. The van der Waals surface area contributed by atoms with Gasteiger partial charge in [-0.1, -0.05) is 73.4 Å². The Morgan fingerprint density at radius 2 is 1.72 bits per heavy atom. The van der Waals surface area contributed by atoms with Crippen LogP contribution in [0, 0.1) is 5.92 Å². The van der Waals surface area contributed by atoms with E-state index >= 15 is 0 Å². The van der Waals surface area contributed by atoms with E-state index in [1.54, 1.807) is 30.0 Å². The van der Waals surface area contributed by atoms with E-state index in [1.165, 1.54) is 0 Å². The molecule has 0 saturated heterocycles. The van der Waals surface area contributed by atoms with Crippen LogP contribution in [-0.2, 0) is 22.6 Å². The molecule has 0 unspecified atom stereocenters. The molecule has 2 rings (SSSR count). The number of carbonyl (C=O) groups excluding carboxylic acids is 2. The van der Waals surface area contributed by atoms with Gasteiger partial charge in [-0.2, -0.15) is 0 Å². The lowest BCUT2D eigenvalue weighted by Gasteiger charge is -2.29. The maximum atomic E-state index is 13.1. The van der Waals surface area contributed by atoms with Crippen LogP contribution in [0.4, 0.5) is 0 Å². The third kappa shape index (κ3) is 7.37. The van der Waals surface area contributed by atoms with Crippen LogP contribution in [0.15, 0.2) is 48.5 Å². The van der Waals surface area contributed by atoms with Gasteiger partial charge >= 0.3 is 0 Å². The van der Waals surface area contributed by atoms with Crippen LogP contribution in [0.5, 0.6) is 0 Å². The van der Waals surface area contributed by atoms with Gasteiger partial charge in [0.15, 0.2) is 0 Å². The summed E-state index contributed by atoms with van der Waals surface area (Å²) >= 11 is 12.3. The first-order chi connectivity index (χ1) is 13.8. The summed E-state index contributed by atoms with van der Waals surface area (Å²) in [4.78, 5) is 27.3. The molecule has 2 amide bonds. The molecule has 0 radical (unpaired) electrons. The molecule has 2 aromatic carbocycles. The first-order valence-corrected chi connectivity index (χ1v) is 10.6. The van der Waals surface area contributed by atoms with Crippen molar-refractivity contribution in [2.45, 2.75) is 46.2 Å². The zero-order chi connectivity index (χ0) is 21.4. The summed E-state index contributed by atoms with van der Waals surface area (Å²) in [6, 6.07) is 14.4. The topological polar surface area (TPSA) is 49.4 Å². The SMILES string of the molecule is CC(C)CNC(=O)[C@H](C)N(Cc1ccc(Cl)cc1Cl)C(=O)CCc1ccccc1. The van der Waals surface area contributed by atoms with E-state index in [-0.39, 0.29) is 18.4 Å². The summed E-state index contributed by atoms with van der Waals surface area (Å²) in [5.41, 5.74) is 1.84. The quantitative estimate of drug-likeness (QED) is 0.595. The summed E-state index contributed by atoms with van der Waals surface area (Å²) in [5, 5.41) is 3.92. The zero-order valence-electron chi connectivity index (χ0n) is 17.1. The molecule has 0 aromatic heterocycles. The van der Waals surface area contributed by atoms with E-state index in [2.05, 4.69) is 5.32 Å². The number of halogens is 2. The third-order valence-corrected chi connectivity index (χ3v) is 5.26. The molecule has 0 aliphatic heterocycles. The number of carbonyl (C=O) groups is 2. The number of benzene rings is 2. The van der Waals surface area contributed by atoms with Gasteiger partial charge in [-0.25, -0.2) is 0 Å². The van der Waals surface area contributed by atoms with Crippen molar-refractivity contribution in [3.05, 3.63) is 69.7 Å². The van der Waals surface area contributed by atoms with Crippen LogP contribution in [0.25, 0.3) is 0 Å². The van der Waals surface area contributed by atoms with Crippen LogP contribution in [0.2, 0.25) is 10.0 Å². The Balaban J connectivity index is 2.16. The fourth-order valence-corrected chi connectivity index (χ4v) is 3.38. The molecule has 0 aliphatic rings. The van der Waals surface area contributed by atoms with Gasteiger partial charge in [0.05, 0.1) is 0 Å². The van der Waals surface area contributed by atoms with Crippen molar-refractivity contribution in [1.82, 2.24) is 10.2 Å². The van der Waals surface area contributed by atoms with Crippen molar-refractivity contribution in [3.8, 4) is 0 Å². The molecule has 0 saturated carbocycles. The van der Waals surface area contributed by atoms with E-state index in [4.69, 9.17) is 23.2 Å². The molecule has 1 atom stereocenters. The largest absolute Gasteiger partial charge is 0.354 e. The first kappa shape index (κ1) is 23.2. The summed E-state index contributed by atoms with van der Waals surface area (Å²) < 4.78 is 0. The maximum absolute atomic E-state index is 13.1. The molecule has 2 aromatic rings. The van der Waals surface area contributed by atoms with E-state index in [0.29, 0.717) is 35.3 Å². The Labute approximate surface area is 183 Å². The van der Waals surface area contributed by atoms with E-state index in [9.17, 15) is 9.59 Å². The number of rotatable bonds is 9. The Bertz CT molecular complexity index is 825. The number of hydrogen-bond donors (Lipinski definition) is 1. The van der Waals surface area contributed by atoms with Crippen LogP contribution < -0.4 is 5.32 Å². The summed E-state index contributed by atoms with van der Waals surface area (Å²) in [5.74, 6) is 0.0722. The van der Waals surface area contributed by atoms with Crippen LogP contribution in [0.3, 0.4) is 0 Å². The van der Waals surface area contributed by atoms with Gasteiger partial charge in [0.1, 0.15) is 6.04 Å². The Morgan fingerprint density at radius 1 is 1.03 bits per heavy atom. The molecular formula is C23H28Cl2N2O2. The Kier molecular flexibility index (Phi) is 8.99. The molecular weight excluding hydrogens is 407 g/mol. The van der Waals surface area contributed by atoms with E-state index in [0.717, 1.165) is 11.1 Å². The Hall–Kier alpha value is -2.04. The van der Waals surface area contributed by atoms with Crippen molar-refractivity contribution in [2.24, 2.45) is 5.92 Å². The van der Waals surface area contributed by atoms with Gasteiger partial charge in [-0.3, -0.25) is 9.59 Å². The average Bonchev–Trinajstić information content (AvgIpc) is 2.70. The highest BCUT2D eigenvalue weighted by molar-refractivity contribution is 6.35. The van der Waals surface area contributed by atoms with Crippen molar-refractivity contribution in [3.63, 3.8) is 0 Å². The highest BCUT2D eigenvalue weighted by atomic mass is 35.5. The van der Waals surface area contributed by atoms with Gasteiger partial charge in [-0.15, -0.1) is 0 Å². The van der Waals surface area contributed by atoms with Gasteiger partial charge in [0, 0.05) is 29.6 Å². The molecule has 156 valence electrons. The summed E-state index contributed by atoms with van der Waals surface area (Å²) in [6.07, 6.45) is 0.932. The molecule has 0 bridgehead atoms. The minimum absolute atomic E-state index is 0.0907. The maximum Gasteiger partial charge on any atom is 0.242 e. The number of nitrogens with one attached hydrogen (secondary N) is 1. The van der Waals surface area contributed by atoms with Gasteiger partial charge in [-0.05, 0) is 42.5 Å². The molecule has 0 fully saturated rings. The third-order valence-electron chi connectivity index (χ3n) is 4.68. The van der Waals surface area contributed by atoms with E-state index < -0.39 is 6.04 Å². The second-order valence-electron chi connectivity index (χ2n) is 7.56. The molecule has 0 spiro atoms. The predicted molar refractivity (Wildman–Crippen MR) is 119 cm³/mol. The van der Waals surface area contributed by atoms with Crippen LogP contribution >= 0.6 is 23.2 Å². The first-order valence-electron chi connectivity index (χ1n) is 9.83. The Morgan fingerprint density at radius 3 is 2.34 bits per heavy atom. The highest BCUT2D eigenvalue weighted by Crippen LogP contribution is 2.23. The minimum atomic E-state index is -0.608. The monoisotopic (exact) mass is 434 g/mol. The fourth-order valence-electron chi connectivity index (χ4n) is 2.91. The lowest BCUT2D eigenvalue weighted by atomic mass is 10.1. The average molecular weight is 435 g/mol. The number of hydrogen-bond acceptors (Lipinski definition) is 2. The summed E-state index contributed by atoms with van der Waals surface area (Å²) in [6.45, 7) is 6.62. The molecule has 29 heavy (non-hydrogen) atoms. The molecule has 1 N–H and O–H groups in total. The fraction of sp³-hybridized carbons (Fsp3) is 0.391. The summed E-state index contributed by atoms with van der Waals surface area (Å²) in [7, 11) is 0. The molecule has 6 heteroatoms. The number of aryl methyl sites for hydroxylation is 1. The predicted octanol–water partition coefficient (Wildman–Crippen LogP) is 5.12. The molecule has 4 nitrogen and oxygen atoms in total. The lowest BCUT2D eigenvalue weighted by Crippen LogP contribution is -2.48. The molecule has 0 aliphatic carbocycles. The normalized spacial score (nSPS) is 11.9. The molecule has 0 heterocycles. The standard InChI is InChI=1S/C23H28Cl2N2O2/c1-16(2)14-26-23(29)17(3)27(15-19-10-11-20(24)13-21(19)25)22(28)12-9-18-7-5-4-6-8-18/h4-8,10-11,13,16-17H,9,12,14-15H2,1-3H3,(H,26,29)/t17-/m0/s1. The van der Waals surface area contributed by atoms with Crippen LogP contribution in [0.1, 0.15) is 38.3 Å². The van der Waals surface area contributed by atoms with Crippen molar-refractivity contribution < 1.29 is 9.59 Å². The van der Waals surface area contributed by atoms with Crippen molar-refractivity contribution >= 4 is 35.0 Å². The van der Waals surface area contributed by atoms with Gasteiger partial charge < -0.3 is 10.2 Å². The minimum Gasteiger partial charge on any atom is -0.354 e. The van der Waals surface area contributed by atoms with Gasteiger partial charge in [0.2, 0.25) is 11.8 Å². The van der Waals surface area contributed by atoms with E-state index in [1.807, 2.05) is 44.2 Å². The lowest BCUT2D eigenvalue weighted by molar-refractivity contribution is -0.140. The smallest absolute Gasteiger partial charge is 0.242 e. The van der Waals surface area contributed by atoms with Gasteiger partial charge in [0.25, 0.3) is 0 Å². The highest BCUT2D eigenvalue weighted by Gasteiger charge is 2.26. The number of amides is 2. The van der Waals surface area contributed by atoms with Crippen molar-refractivity contribution in [1.29, 1.82) is 0 Å². The second kappa shape index (κ2) is 11.2. The van der Waals surface area contributed by atoms with Crippen LogP contribution in [-0.4, -0.2) is 29.3 Å².